The Morgan fingerprint density at radius 3 is 2.78 bits per heavy atom. The van der Waals surface area contributed by atoms with Gasteiger partial charge in [-0.25, -0.2) is 9.97 Å². The molecule has 144 valence electrons. The molecule has 27 heavy (non-hydrogen) atoms. The van der Waals surface area contributed by atoms with Gasteiger partial charge in [0.2, 0.25) is 0 Å². The van der Waals surface area contributed by atoms with Crippen LogP contribution in [0.5, 0.6) is 0 Å². The fraction of sp³-hybridized carbons (Fsp3) is 0.389. The van der Waals surface area contributed by atoms with E-state index in [0.29, 0.717) is 29.5 Å². The molecule has 0 aliphatic carbocycles. The molecule has 0 radical (unpaired) electrons. The Morgan fingerprint density at radius 2 is 2.11 bits per heavy atom. The van der Waals surface area contributed by atoms with Crippen LogP contribution in [-0.4, -0.2) is 41.3 Å². The van der Waals surface area contributed by atoms with Crippen molar-refractivity contribution in [3.05, 3.63) is 47.8 Å². The highest BCUT2D eigenvalue weighted by molar-refractivity contribution is 7.98. The van der Waals surface area contributed by atoms with E-state index in [-0.39, 0.29) is 11.9 Å². The topological polar surface area (TPSA) is 58.1 Å². The number of hydrogen-bond acceptors (Lipinski definition) is 5. The first-order valence-corrected chi connectivity index (χ1v) is 9.69. The molecule has 1 fully saturated rings. The predicted molar refractivity (Wildman–Crippen MR) is 98.0 cm³/mol. The van der Waals surface area contributed by atoms with Gasteiger partial charge in [-0.05, 0) is 43.4 Å². The normalized spacial score (nSPS) is 17.6. The summed E-state index contributed by atoms with van der Waals surface area (Å²) < 4.78 is 38.0. The lowest BCUT2D eigenvalue weighted by Crippen LogP contribution is -2.48. The molecule has 2 aromatic heterocycles. The minimum atomic E-state index is -4.40. The molecule has 9 heteroatoms. The third kappa shape index (κ3) is 4.71. The molecule has 5 nitrogen and oxygen atoms in total. The number of amides is 1. The predicted octanol–water partition coefficient (Wildman–Crippen LogP) is 3.62. The molecular weight excluding hydrogens is 377 g/mol. The molecule has 1 amide bonds. The van der Waals surface area contributed by atoms with E-state index in [9.17, 15) is 18.0 Å². The number of thioether (sulfide) groups is 1. The van der Waals surface area contributed by atoms with Gasteiger partial charge in [0.05, 0.1) is 11.1 Å². The summed E-state index contributed by atoms with van der Waals surface area (Å²) in [6, 6.07) is 5.75. The summed E-state index contributed by atoms with van der Waals surface area (Å²) in [5, 5.41) is 3.66. The summed E-state index contributed by atoms with van der Waals surface area (Å²) in [5.41, 5.74) is -0.246. The first-order valence-electron chi connectivity index (χ1n) is 8.46. The highest BCUT2D eigenvalue weighted by Crippen LogP contribution is 2.29. The summed E-state index contributed by atoms with van der Waals surface area (Å²) in [6.07, 6.45) is 1.56. The van der Waals surface area contributed by atoms with E-state index < -0.39 is 11.7 Å². The molecule has 3 heterocycles. The fourth-order valence-corrected chi connectivity index (χ4v) is 3.58. The second-order valence-electron chi connectivity index (χ2n) is 6.22. The van der Waals surface area contributed by atoms with Crippen molar-refractivity contribution in [1.29, 1.82) is 0 Å². The van der Waals surface area contributed by atoms with Crippen molar-refractivity contribution in [3.8, 4) is 0 Å². The molecule has 1 atom stereocenters. The summed E-state index contributed by atoms with van der Waals surface area (Å²) in [5.74, 6) is 0.285. The molecule has 1 aliphatic heterocycles. The van der Waals surface area contributed by atoms with E-state index in [0.717, 1.165) is 25.1 Å². The highest BCUT2D eigenvalue weighted by atomic mass is 32.2. The van der Waals surface area contributed by atoms with Crippen LogP contribution in [0.25, 0.3) is 0 Å². The SMILES string of the molecule is CSc1ncccc1C(=O)NC1CCCN(c2ccc(C(F)(F)F)cn2)C1. The molecule has 0 bridgehead atoms. The number of anilines is 1. The van der Waals surface area contributed by atoms with Crippen LogP contribution in [0, 0.1) is 0 Å². The lowest BCUT2D eigenvalue weighted by Gasteiger charge is -2.34. The lowest BCUT2D eigenvalue weighted by atomic mass is 10.0. The second-order valence-corrected chi connectivity index (χ2v) is 7.02. The van der Waals surface area contributed by atoms with E-state index in [4.69, 9.17) is 0 Å². The number of piperidine rings is 1. The Labute approximate surface area is 159 Å². The number of carbonyl (C=O) groups excluding carboxylic acids is 1. The largest absolute Gasteiger partial charge is 0.417 e. The second kappa shape index (κ2) is 8.16. The van der Waals surface area contributed by atoms with Crippen LogP contribution in [-0.2, 0) is 6.18 Å². The standard InChI is InChI=1S/C18H19F3N4OS/c1-27-17-14(5-2-8-22-17)16(26)24-13-4-3-9-25(11-13)15-7-6-12(10-23-15)18(19,20)21/h2,5-8,10,13H,3-4,9,11H2,1H3,(H,24,26). The number of nitrogens with one attached hydrogen (secondary N) is 1. The van der Waals surface area contributed by atoms with Crippen molar-refractivity contribution in [2.24, 2.45) is 0 Å². The zero-order valence-corrected chi connectivity index (χ0v) is 15.5. The van der Waals surface area contributed by atoms with Gasteiger partial charge in [-0.2, -0.15) is 13.2 Å². The number of rotatable bonds is 4. The maximum absolute atomic E-state index is 12.7. The van der Waals surface area contributed by atoms with Gasteiger partial charge in [-0.1, -0.05) is 0 Å². The lowest BCUT2D eigenvalue weighted by molar-refractivity contribution is -0.137. The van der Waals surface area contributed by atoms with E-state index in [1.807, 2.05) is 11.2 Å². The van der Waals surface area contributed by atoms with Crippen LogP contribution < -0.4 is 10.2 Å². The minimum Gasteiger partial charge on any atom is -0.355 e. The molecule has 2 aromatic rings. The van der Waals surface area contributed by atoms with Crippen molar-refractivity contribution in [1.82, 2.24) is 15.3 Å². The number of nitrogens with zero attached hydrogens (tertiary/aromatic N) is 3. The van der Waals surface area contributed by atoms with Crippen LogP contribution in [0.3, 0.4) is 0 Å². The van der Waals surface area contributed by atoms with E-state index in [2.05, 4.69) is 15.3 Å². The molecule has 1 aliphatic rings. The third-order valence-electron chi connectivity index (χ3n) is 4.36. The van der Waals surface area contributed by atoms with Crippen LogP contribution in [0.1, 0.15) is 28.8 Å². The highest BCUT2D eigenvalue weighted by Gasteiger charge is 2.31. The van der Waals surface area contributed by atoms with Gasteiger partial charge < -0.3 is 10.2 Å². The smallest absolute Gasteiger partial charge is 0.355 e. The first-order chi connectivity index (χ1) is 12.9. The first kappa shape index (κ1) is 19.5. The van der Waals surface area contributed by atoms with Gasteiger partial charge >= 0.3 is 6.18 Å². The Bertz CT molecular complexity index is 798. The molecular formula is C18H19F3N4OS. The molecule has 1 saturated heterocycles. The van der Waals surface area contributed by atoms with Crippen molar-refractivity contribution in [3.63, 3.8) is 0 Å². The average Bonchev–Trinajstić information content (AvgIpc) is 2.67. The van der Waals surface area contributed by atoms with Gasteiger partial charge in [-0.15, -0.1) is 11.8 Å². The molecule has 0 saturated carbocycles. The van der Waals surface area contributed by atoms with Crippen molar-refractivity contribution in [2.45, 2.75) is 30.1 Å². The zero-order chi connectivity index (χ0) is 19.4. The number of hydrogen-bond donors (Lipinski definition) is 1. The van der Waals surface area contributed by atoms with Gasteiger partial charge in [-0.3, -0.25) is 4.79 Å². The van der Waals surface area contributed by atoms with Crippen molar-refractivity contribution < 1.29 is 18.0 Å². The fourth-order valence-electron chi connectivity index (χ4n) is 3.03. The Balaban J connectivity index is 1.66. The summed E-state index contributed by atoms with van der Waals surface area (Å²) in [7, 11) is 0. The van der Waals surface area contributed by atoms with Gasteiger partial charge in [0.1, 0.15) is 10.8 Å². The molecule has 0 spiro atoms. The number of pyridine rings is 2. The summed E-state index contributed by atoms with van der Waals surface area (Å²) >= 11 is 1.40. The number of carbonyl (C=O) groups is 1. The monoisotopic (exact) mass is 396 g/mol. The van der Waals surface area contributed by atoms with E-state index in [1.54, 1.807) is 18.3 Å². The zero-order valence-electron chi connectivity index (χ0n) is 14.7. The van der Waals surface area contributed by atoms with E-state index >= 15 is 0 Å². The number of alkyl halides is 3. The van der Waals surface area contributed by atoms with Crippen LogP contribution in [0.15, 0.2) is 41.7 Å². The summed E-state index contributed by atoms with van der Waals surface area (Å²) in [4.78, 5) is 22.6. The maximum atomic E-state index is 12.7. The molecule has 3 rings (SSSR count). The Hall–Kier alpha value is -2.29. The maximum Gasteiger partial charge on any atom is 0.417 e. The van der Waals surface area contributed by atoms with Crippen LogP contribution in [0.2, 0.25) is 0 Å². The number of halogens is 3. The van der Waals surface area contributed by atoms with Gasteiger partial charge in [0.25, 0.3) is 5.91 Å². The van der Waals surface area contributed by atoms with Crippen LogP contribution >= 0.6 is 11.8 Å². The Kier molecular flexibility index (Phi) is 5.88. The van der Waals surface area contributed by atoms with Gasteiger partial charge in [0, 0.05) is 31.5 Å². The van der Waals surface area contributed by atoms with Gasteiger partial charge in [0.15, 0.2) is 0 Å². The molecule has 1 unspecified atom stereocenters. The minimum absolute atomic E-state index is 0.106. The van der Waals surface area contributed by atoms with Crippen LogP contribution in [0.4, 0.5) is 19.0 Å². The quantitative estimate of drug-likeness (QED) is 0.800. The third-order valence-corrected chi connectivity index (χ3v) is 5.08. The Morgan fingerprint density at radius 1 is 1.30 bits per heavy atom. The van der Waals surface area contributed by atoms with Crippen molar-refractivity contribution in [2.75, 3.05) is 24.2 Å². The summed E-state index contributed by atoms with van der Waals surface area (Å²) in [6.45, 7) is 1.19. The molecule has 0 aromatic carbocycles. The van der Waals surface area contributed by atoms with E-state index in [1.165, 1.54) is 17.8 Å². The molecule has 1 N–H and O–H groups in total. The average molecular weight is 396 g/mol. The van der Waals surface area contributed by atoms with Crippen molar-refractivity contribution >= 4 is 23.5 Å². The number of aromatic nitrogens is 2.